The second-order valence-corrected chi connectivity index (χ2v) is 7.44. The molecule has 2 rings (SSSR count). The van der Waals surface area contributed by atoms with E-state index >= 15 is 0 Å². The number of carbonyl (C=O) groups is 2. The Hall–Kier alpha value is -2.07. The Morgan fingerprint density at radius 3 is 2.24 bits per heavy atom. The molecule has 0 aromatic heterocycles. The van der Waals surface area contributed by atoms with Crippen LogP contribution in [0.4, 0.5) is 5.69 Å². The SMILES string of the molecule is CC(=O)c1c(C)cc(C)c(CSCC(=O)Nc2ccc(C)cc2)c1C. The van der Waals surface area contributed by atoms with Crippen molar-refractivity contribution >= 4 is 29.1 Å². The first kappa shape index (κ1) is 19.3. The van der Waals surface area contributed by atoms with Gasteiger partial charge >= 0.3 is 0 Å². The molecule has 1 amide bonds. The van der Waals surface area contributed by atoms with E-state index in [2.05, 4.69) is 18.3 Å². The van der Waals surface area contributed by atoms with E-state index in [1.165, 1.54) is 11.1 Å². The Kier molecular flexibility index (Phi) is 6.43. The maximum atomic E-state index is 12.1. The van der Waals surface area contributed by atoms with Gasteiger partial charge in [-0.25, -0.2) is 0 Å². The minimum absolute atomic E-state index is 0.0111. The zero-order chi connectivity index (χ0) is 18.6. The van der Waals surface area contributed by atoms with Crippen molar-refractivity contribution in [1.82, 2.24) is 0 Å². The number of Topliss-reactive ketones (excluding diaryl/α,β-unsaturated/α-hetero) is 1. The lowest BCUT2D eigenvalue weighted by Crippen LogP contribution is -2.14. The van der Waals surface area contributed by atoms with Crippen LogP contribution in [-0.2, 0) is 10.5 Å². The maximum Gasteiger partial charge on any atom is 0.234 e. The Morgan fingerprint density at radius 2 is 1.64 bits per heavy atom. The van der Waals surface area contributed by atoms with Crippen molar-refractivity contribution in [1.29, 1.82) is 0 Å². The van der Waals surface area contributed by atoms with Crippen LogP contribution in [0.15, 0.2) is 30.3 Å². The van der Waals surface area contributed by atoms with Crippen molar-refractivity contribution in [2.75, 3.05) is 11.1 Å². The van der Waals surface area contributed by atoms with Crippen molar-refractivity contribution in [2.45, 2.75) is 40.4 Å². The highest BCUT2D eigenvalue weighted by molar-refractivity contribution is 7.99. The van der Waals surface area contributed by atoms with Crippen molar-refractivity contribution < 1.29 is 9.59 Å². The molecule has 25 heavy (non-hydrogen) atoms. The van der Waals surface area contributed by atoms with Crippen LogP contribution in [0.25, 0.3) is 0 Å². The fraction of sp³-hybridized carbons (Fsp3) is 0.333. The molecule has 2 aromatic rings. The molecule has 0 aliphatic rings. The fourth-order valence-corrected chi connectivity index (χ4v) is 4.08. The third kappa shape index (κ3) is 4.95. The van der Waals surface area contributed by atoms with Gasteiger partial charge in [-0.15, -0.1) is 11.8 Å². The summed E-state index contributed by atoms with van der Waals surface area (Å²) in [5.74, 6) is 1.19. The van der Waals surface area contributed by atoms with Crippen molar-refractivity contribution in [2.24, 2.45) is 0 Å². The highest BCUT2D eigenvalue weighted by atomic mass is 32.2. The summed E-state index contributed by atoms with van der Waals surface area (Å²) in [6.07, 6.45) is 0. The van der Waals surface area contributed by atoms with E-state index in [0.29, 0.717) is 5.75 Å². The lowest BCUT2D eigenvalue weighted by molar-refractivity contribution is -0.113. The molecule has 1 N–H and O–H groups in total. The van der Waals surface area contributed by atoms with Gasteiger partial charge in [-0.3, -0.25) is 9.59 Å². The predicted octanol–water partition coefficient (Wildman–Crippen LogP) is 4.99. The molecule has 0 aliphatic heterocycles. The predicted molar refractivity (Wildman–Crippen MR) is 107 cm³/mol. The minimum Gasteiger partial charge on any atom is -0.325 e. The van der Waals surface area contributed by atoms with E-state index in [0.717, 1.165) is 33.7 Å². The summed E-state index contributed by atoms with van der Waals surface area (Å²) in [6, 6.07) is 9.83. The Balaban J connectivity index is 1.99. The highest BCUT2D eigenvalue weighted by Crippen LogP contribution is 2.26. The van der Waals surface area contributed by atoms with Gasteiger partial charge in [0.05, 0.1) is 5.75 Å². The van der Waals surface area contributed by atoms with Gasteiger partial charge in [0.25, 0.3) is 0 Å². The van der Waals surface area contributed by atoms with E-state index in [4.69, 9.17) is 0 Å². The number of thioether (sulfide) groups is 1. The molecule has 0 saturated carbocycles. The molecule has 3 nitrogen and oxygen atoms in total. The summed E-state index contributed by atoms with van der Waals surface area (Å²) in [5, 5.41) is 2.91. The summed E-state index contributed by atoms with van der Waals surface area (Å²) in [5.41, 5.74) is 7.18. The van der Waals surface area contributed by atoms with Crippen molar-refractivity contribution in [3.63, 3.8) is 0 Å². The first-order valence-electron chi connectivity index (χ1n) is 8.34. The van der Waals surface area contributed by atoms with E-state index in [1.807, 2.05) is 45.0 Å². The lowest BCUT2D eigenvalue weighted by atomic mass is 9.92. The third-order valence-corrected chi connectivity index (χ3v) is 5.26. The molecule has 0 spiro atoms. The van der Waals surface area contributed by atoms with Crippen LogP contribution in [0.1, 0.15) is 45.1 Å². The van der Waals surface area contributed by atoms with Crippen molar-refractivity contribution in [3.8, 4) is 0 Å². The van der Waals surface area contributed by atoms with Crippen LogP contribution in [0.2, 0.25) is 0 Å². The summed E-state index contributed by atoms with van der Waals surface area (Å²) in [7, 11) is 0. The molecule has 2 aromatic carbocycles. The smallest absolute Gasteiger partial charge is 0.234 e. The molecular weight excluding hydrogens is 330 g/mol. The molecule has 0 atom stereocenters. The Labute approximate surface area is 154 Å². The number of amides is 1. The molecule has 0 bridgehead atoms. The standard InChI is InChI=1S/C21H25NO2S/c1-13-6-8-18(9-7-13)22-20(24)12-25-11-19-14(2)10-15(3)21(16(19)4)17(5)23/h6-10H,11-12H2,1-5H3,(H,22,24). The first-order valence-corrected chi connectivity index (χ1v) is 9.50. The molecule has 0 heterocycles. The number of benzene rings is 2. The largest absolute Gasteiger partial charge is 0.325 e. The van der Waals surface area contributed by atoms with Crippen LogP contribution in [0.3, 0.4) is 0 Å². The number of hydrogen-bond acceptors (Lipinski definition) is 3. The van der Waals surface area contributed by atoms with Gasteiger partial charge < -0.3 is 5.32 Å². The first-order chi connectivity index (χ1) is 11.8. The summed E-state index contributed by atoms with van der Waals surface area (Å²) >= 11 is 1.57. The third-order valence-electron chi connectivity index (χ3n) is 4.30. The van der Waals surface area contributed by atoms with Crippen LogP contribution >= 0.6 is 11.8 Å². The second kappa shape index (κ2) is 8.34. The molecule has 0 saturated heterocycles. The number of rotatable bonds is 6. The Bertz CT molecular complexity index is 795. The lowest BCUT2D eigenvalue weighted by Gasteiger charge is -2.15. The quantitative estimate of drug-likeness (QED) is 0.742. The molecular formula is C21H25NO2S. The van der Waals surface area contributed by atoms with Gasteiger partial charge in [0, 0.05) is 17.0 Å². The van der Waals surface area contributed by atoms with E-state index in [-0.39, 0.29) is 11.7 Å². The molecule has 4 heteroatoms. The molecule has 0 unspecified atom stereocenters. The summed E-state index contributed by atoms with van der Waals surface area (Å²) < 4.78 is 0. The average Bonchev–Trinajstić information content (AvgIpc) is 2.52. The van der Waals surface area contributed by atoms with Crippen molar-refractivity contribution in [3.05, 3.63) is 63.7 Å². The number of anilines is 1. The van der Waals surface area contributed by atoms with E-state index in [9.17, 15) is 9.59 Å². The maximum absolute atomic E-state index is 12.1. The van der Waals surface area contributed by atoms with Crippen LogP contribution in [0.5, 0.6) is 0 Å². The average molecular weight is 356 g/mol. The summed E-state index contributed by atoms with van der Waals surface area (Å²) in [6.45, 7) is 9.66. The van der Waals surface area contributed by atoms with Gasteiger partial charge in [0.1, 0.15) is 0 Å². The van der Waals surface area contributed by atoms with Gasteiger partial charge in [0.2, 0.25) is 5.91 Å². The molecule has 0 radical (unpaired) electrons. The molecule has 0 aliphatic carbocycles. The van der Waals surface area contributed by atoms with Crippen LogP contribution < -0.4 is 5.32 Å². The molecule has 0 fully saturated rings. The number of nitrogens with one attached hydrogen (secondary N) is 1. The Morgan fingerprint density at radius 1 is 1.00 bits per heavy atom. The van der Waals surface area contributed by atoms with E-state index < -0.39 is 0 Å². The number of hydrogen-bond donors (Lipinski definition) is 1. The monoisotopic (exact) mass is 355 g/mol. The number of aryl methyl sites for hydroxylation is 3. The van der Waals surface area contributed by atoms with Crippen LogP contribution in [0, 0.1) is 27.7 Å². The minimum atomic E-state index is -0.0111. The van der Waals surface area contributed by atoms with Gasteiger partial charge in [0.15, 0.2) is 5.78 Å². The normalized spacial score (nSPS) is 10.6. The second-order valence-electron chi connectivity index (χ2n) is 6.45. The van der Waals surface area contributed by atoms with Gasteiger partial charge in [-0.1, -0.05) is 23.8 Å². The van der Waals surface area contributed by atoms with Crippen LogP contribution in [-0.4, -0.2) is 17.4 Å². The van der Waals surface area contributed by atoms with E-state index in [1.54, 1.807) is 18.7 Å². The highest BCUT2D eigenvalue weighted by Gasteiger charge is 2.14. The number of ketones is 1. The van der Waals surface area contributed by atoms with Gasteiger partial charge in [-0.05, 0) is 69.0 Å². The van der Waals surface area contributed by atoms with Gasteiger partial charge in [-0.2, -0.15) is 0 Å². The molecule has 132 valence electrons. The zero-order valence-corrected chi connectivity index (χ0v) is 16.3. The number of carbonyl (C=O) groups excluding carboxylic acids is 2. The summed E-state index contributed by atoms with van der Waals surface area (Å²) in [4.78, 5) is 24.0. The fourth-order valence-electron chi connectivity index (χ4n) is 3.07. The zero-order valence-electron chi connectivity index (χ0n) is 15.5. The topological polar surface area (TPSA) is 46.2 Å².